The number of nitrogens with two attached hydrogens (primary N) is 1. The third-order valence-corrected chi connectivity index (χ3v) is 2.99. The van der Waals surface area contributed by atoms with Crippen LogP contribution >= 0.6 is 27.5 Å². The molecule has 1 aromatic carbocycles. The molecule has 2 rings (SSSR count). The number of halogens is 3. The zero-order chi connectivity index (χ0) is 11.9. The molecule has 0 aliphatic carbocycles. The number of anilines is 1. The Morgan fingerprint density at radius 3 is 2.62 bits per heavy atom. The molecule has 1 aromatic heterocycles. The predicted molar refractivity (Wildman–Crippen MR) is 65.4 cm³/mol. The second kappa shape index (κ2) is 4.07. The van der Waals surface area contributed by atoms with Crippen molar-refractivity contribution >= 4 is 33.3 Å². The Hall–Kier alpha value is -1.07. The van der Waals surface area contributed by atoms with Crippen LogP contribution in [0.4, 0.5) is 10.2 Å². The summed E-state index contributed by atoms with van der Waals surface area (Å²) in [5.74, 6) is -0.0109. The highest BCUT2D eigenvalue weighted by Gasteiger charge is 2.13. The number of hydrogen-bond donors (Lipinski definition) is 1. The molecule has 84 valence electrons. The van der Waals surface area contributed by atoms with Crippen LogP contribution in [-0.2, 0) is 0 Å². The molecule has 0 atom stereocenters. The molecule has 3 nitrogen and oxygen atoms in total. The van der Waals surface area contributed by atoms with Gasteiger partial charge in [-0.3, -0.25) is 0 Å². The smallest absolute Gasteiger partial charge is 0.146 e. The second-order valence-electron chi connectivity index (χ2n) is 3.34. The normalized spacial score (nSPS) is 10.8. The Morgan fingerprint density at radius 1 is 1.44 bits per heavy atom. The lowest BCUT2D eigenvalue weighted by Gasteiger charge is -2.09. The molecule has 0 unspecified atom stereocenters. The summed E-state index contributed by atoms with van der Waals surface area (Å²) in [6.07, 6.45) is 0. The van der Waals surface area contributed by atoms with E-state index in [2.05, 4.69) is 21.0 Å². The Labute approximate surface area is 105 Å². The summed E-state index contributed by atoms with van der Waals surface area (Å²) >= 11 is 9.23. The van der Waals surface area contributed by atoms with E-state index >= 15 is 0 Å². The molecule has 2 N–H and O–H groups in total. The van der Waals surface area contributed by atoms with Gasteiger partial charge in [0.2, 0.25) is 0 Å². The Morgan fingerprint density at radius 2 is 2.12 bits per heavy atom. The average Bonchev–Trinajstić information content (AvgIpc) is 2.43. The van der Waals surface area contributed by atoms with Gasteiger partial charge in [-0.1, -0.05) is 11.6 Å². The number of aromatic nitrogens is 2. The minimum atomic E-state index is -0.404. The number of benzene rings is 1. The number of nitrogen functional groups attached to an aromatic ring is 1. The molecule has 0 saturated carbocycles. The van der Waals surface area contributed by atoms with Crippen LogP contribution in [0.15, 0.2) is 22.7 Å². The van der Waals surface area contributed by atoms with Gasteiger partial charge < -0.3 is 5.73 Å². The molecular weight excluding hydrogens is 296 g/mol. The SMILES string of the molecule is Cc1cc(N)nn1-c1c(Cl)cc(F)cc1Br. The number of rotatable bonds is 1. The molecule has 0 aliphatic heterocycles. The first-order valence-corrected chi connectivity index (χ1v) is 5.63. The van der Waals surface area contributed by atoms with Gasteiger partial charge in [-0.15, -0.1) is 0 Å². The van der Waals surface area contributed by atoms with Crippen molar-refractivity contribution in [3.8, 4) is 5.69 Å². The van der Waals surface area contributed by atoms with Crippen LogP contribution in [0.1, 0.15) is 5.69 Å². The highest BCUT2D eigenvalue weighted by molar-refractivity contribution is 9.10. The molecule has 0 amide bonds. The average molecular weight is 305 g/mol. The molecule has 0 spiro atoms. The van der Waals surface area contributed by atoms with E-state index in [4.69, 9.17) is 17.3 Å². The minimum Gasteiger partial charge on any atom is -0.382 e. The van der Waals surface area contributed by atoms with Crippen LogP contribution < -0.4 is 5.73 Å². The van der Waals surface area contributed by atoms with E-state index < -0.39 is 5.82 Å². The fourth-order valence-corrected chi connectivity index (χ4v) is 2.46. The fourth-order valence-electron chi connectivity index (χ4n) is 1.46. The van der Waals surface area contributed by atoms with Crippen molar-refractivity contribution in [1.29, 1.82) is 0 Å². The standard InChI is InChI=1S/C10H8BrClFN3/c1-5-2-9(14)15-16(5)10-7(11)3-6(13)4-8(10)12/h2-4H,1H3,(H2,14,15). The molecule has 0 saturated heterocycles. The summed E-state index contributed by atoms with van der Waals surface area (Å²) in [6, 6.07) is 4.28. The van der Waals surface area contributed by atoms with E-state index in [1.165, 1.54) is 12.1 Å². The van der Waals surface area contributed by atoms with E-state index in [1.807, 2.05) is 6.92 Å². The van der Waals surface area contributed by atoms with Crippen LogP contribution in [0.3, 0.4) is 0 Å². The van der Waals surface area contributed by atoms with Crippen LogP contribution in [0, 0.1) is 12.7 Å². The molecule has 0 aliphatic rings. The van der Waals surface area contributed by atoms with Crippen molar-refractivity contribution in [3.05, 3.63) is 39.2 Å². The Kier molecular flexibility index (Phi) is 2.90. The zero-order valence-electron chi connectivity index (χ0n) is 8.34. The van der Waals surface area contributed by atoms with Crippen molar-refractivity contribution in [1.82, 2.24) is 9.78 Å². The Balaban J connectivity index is 2.69. The quantitative estimate of drug-likeness (QED) is 0.878. The zero-order valence-corrected chi connectivity index (χ0v) is 10.7. The summed E-state index contributed by atoms with van der Waals surface area (Å²) in [5.41, 5.74) is 6.99. The van der Waals surface area contributed by atoms with E-state index in [1.54, 1.807) is 10.7 Å². The lowest BCUT2D eigenvalue weighted by molar-refractivity contribution is 0.626. The number of aryl methyl sites for hydroxylation is 1. The highest BCUT2D eigenvalue weighted by atomic mass is 79.9. The van der Waals surface area contributed by atoms with Crippen LogP contribution in [-0.4, -0.2) is 9.78 Å². The van der Waals surface area contributed by atoms with Gasteiger partial charge in [-0.05, 0) is 35.0 Å². The van der Waals surface area contributed by atoms with Crippen LogP contribution in [0.25, 0.3) is 5.69 Å². The summed E-state index contributed by atoms with van der Waals surface area (Å²) in [4.78, 5) is 0. The molecule has 16 heavy (non-hydrogen) atoms. The lowest BCUT2D eigenvalue weighted by Crippen LogP contribution is -2.02. The van der Waals surface area contributed by atoms with Crippen molar-refractivity contribution in [2.75, 3.05) is 5.73 Å². The molecular formula is C10H8BrClFN3. The largest absolute Gasteiger partial charge is 0.382 e. The van der Waals surface area contributed by atoms with E-state index in [0.717, 1.165) is 5.69 Å². The van der Waals surface area contributed by atoms with Gasteiger partial charge in [0, 0.05) is 16.2 Å². The molecule has 0 radical (unpaired) electrons. The van der Waals surface area contributed by atoms with E-state index in [9.17, 15) is 4.39 Å². The van der Waals surface area contributed by atoms with Gasteiger partial charge in [0.15, 0.2) is 0 Å². The summed E-state index contributed by atoms with van der Waals surface area (Å²) in [5, 5.41) is 4.37. The molecule has 0 fully saturated rings. The third kappa shape index (κ3) is 1.92. The van der Waals surface area contributed by atoms with Crippen molar-refractivity contribution in [2.24, 2.45) is 0 Å². The third-order valence-electron chi connectivity index (χ3n) is 2.10. The summed E-state index contributed by atoms with van der Waals surface area (Å²) < 4.78 is 15.2. The maximum atomic E-state index is 13.1. The predicted octanol–water partition coefficient (Wildman–Crippen LogP) is 3.32. The number of nitrogens with zero attached hydrogens (tertiary/aromatic N) is 2. The molecule has 0 bridgehead atoms. The van der Waals surface area contributed by atoms with Gasteiger partial charge in [-0.2, -0.15) is 5.10 Å². The topological polar surface area (TPSA) is 43.8 Å². The minimum absolute atomic E-state index is 0.276. The fraction of sp³-hybridized carbons (Fsp3) is 0.100. The van der Waals surface area contributed by atoms with Crippen LogP contribution in [0.2, 0.25) is 5.02 Å². The highest BCUT2D eigenvalue weighted by Crippen LogP contribution is 2.30. The van der Waals surface area contributed by atoms with Gasteiger partial charge in [0.1, 0.15) is 11.6 Å². The van der Waals surface area contributed by atoms with E-state index in [-0.39, 0.29) is 5.02 Å². The van der Waals surface area contributed by atoms with Gasteiger partial charge in [0.25, 0.3) is 0 Å². The summed E-state index contributed by atoms with van der Waals surface area (Å²) in [7, 11) is 0. The molecule has 1 heterocycles. The molecule has 6 heteroatoms. The van der Waals surface area contributed by atoms with Gasteiger partial charge in [0.05, 0.1) is 10.7 Å². The monoisotopic (exact) mass is 303 g/mol. The molecule has 2 aromatic rings. The first-order chi connectivity index (χ1) is 7.49. The maximum absolute atomic E-state index is 13.1. The summed E-state index contributed by atoms with van der Waals surface area (Å²) in [6.45, 7) is 1.84. The van der Waals surface area contributed by atoms with Crippen molar-refractivity contribution in [2.45, 2.75) is 6.92 Å². The maximum Gasteiger partial charge on any atom is 0.146 e. The lowest BCUT2D eigenvalue weighted by atomic mass is 10.3. The first-order valence-electron chi connectivity index (χ1n) is 4.46. The van der Waals surface area contributed by atoms with E-state index in [0.29, 0.717) is 16.0 Å². The second-order valence-corrected chi connectivity index (χ2v) is 4.60. The number of hydrogen-bond acceptors (Lipinski definition) is 2. The first kappa shape index (κ1) is 11.4. The van der Waals surface area contributed by atoms with Crippen LogP contribution in [0.5, 0.6) is 0 Å². The van der Waals surface area contributed by atoms with Crippen molar-refractivity contribution < 1.29 is 4.39 Å². The van der Waals surface area contributed by atoms with Crippen molar-refractivity contribution in [3.63, 3.8) is 0 Å². The van der Waals surface area contributed by atoms with Gasteiger partial charge in [-0.25, -0.2) is 9.07 Å². The Bertz CT molecular complexity index is 530. The van der Waals surface area contributed by atoms with Gasteiger partial charge >= 0.3 is 0 Å².